The molecule has 0 aliphatic heterocycles. The Labute approximate surface area is 110 Å². The van der Waals surface area contributed by atoms with E-state index in [0.717, 1.165) is 23.5 Å². The first-order chi connectivity index (χ1) is 8.08. The second-order valence-electron chi connectivity index (χ2n) is 3.60. The van der Waals surface area contributed by atoms with Gasteiger partial charge in [-0.3, -0.25) is 4.79 Å². The number of methoxy groups -OCH3 is 2. The Hall–Kier alpha value is -1.23. The molecular formula is C12H16BrNO3. The molecule has 0 spiro atoms. The third kappa shape index (κ3) is 3.93. The summed E-state index contributed by atoms with van der Waals surface area (Å²) in [6, 6.07) is 5.67. The van der Waals surface area contributed by atoms with Crippen molar-refractivity contribution in [2.75, 3.05) is 27.8 Å². The summed E-state index contributed by atoms with van der Waals surface area (Å²) < 4.78 is 10.4. The lowest BCUT2D eigenvalue weighted by molar-refractivity contribution is 0.235. The van der Waals surface area contributed by atoms with Crippen LogP contribution in [0.3, 0.4) is 0 Å². The number of halogens is 1. The molecule has 0 N–H and O–H groups in total. The first-order valence-electron chi connectivity index (χ1n) is 5.20. The SMILES string of the molecule is COc1ccc(CCN(C)C(=O)Br)c(OC)c1. The van der Waals surface area contributed by atoms with Gasteiger partial charge in [0.1, 0.15) is 11.5 Å². The standard InChI is InChI=1S/C12H16BrNO3/c1-14(12(13)15)7-6-9-4-5-10(16-2)8-11(9)17-3/h4-5,8H,6-7H2,1-3H3. The van der Waals surface area contributed by atoms with E-state index in [1.165, 1.54) is 0 Å². The molecule has 0 aliphatic rings. The molecule has 0 aliphatic carbocycles. The number of carbonyl (C=O) groups is 1. The second-order valence-corrected chi connectivity index (χ2v) is 4.28. The molecule has 0 heterocycles. The summed E-state index contributed by atoms with van der Waals surface area (Å²) in [6.45, 7) is 0.632. The molecule has 0 fully saturated rings. The normalized spacial score (nSPS) is 9.88. The van der Waals surface area contributed by atoms with E-state index in [9.17, 15) is 4.79 Å². The predicted molar refractivity (Wildman–Crippen MR) is 70.2 cm³/mol. The fraction of sp³-hybridized carbons (Fsp3) is 0.417. The van der Waals surface area contributed by atoms with Crippen molar-refractivity contribution < 1.29 is 14.3 Å². The second kappa shape index (κ2) is 6.49. The highest BCUT2D eigenvalue weighted by Gasteiger charge is 2.08. The van der Waals surface area contributed by atoms with E-state index in [1.807, 2.05) is 18.2 Å². The average Bonchev–Trinajstić information content (AvgIpc) is 2.35. The molecule has 1 aromatic carbocycles. The Morgan fingerprint density at radius 2 is 2.06 bits per heavy atom. The van der Waals surface area contributed by atoms with E-state index in [0.29, 0.717) is 6.54 Å². The quantitative estimate of drug-likeness (QED) is 0.620. The third-order valence-electron chi connectivity index (χ3n) is 2.51. The summed E-state index contributed by atoms with van der Waals surface area (Å²) in [5.74, 6) is 1.54. The van der Waals surface area contributed by atoms with E-state index in [-0.39, 0.29) is 4.82 Å². The monoisotopic (exact) mass is 301 g/mol. The van der Waals surface area contributed by atoms with Crippen molar-refractivity contribution in [1.82, 2.24) is 4.90 Å². The van der Waals surface area contributed by atoms with E-state index < -0.39 is 0 Å². The lowest BCUT2D eigenvalue weighted by Gasteiger charge is -2.15. The van der Waals surface area contributed by atoms with Crippen LogP contribution in [0.25, 0.3) is 0 Å². The fourth-order valence-corrected chi connectivity index (χ4v) is 1.61. The molecule has 1 rings (SSSR count). The van der Waals surface area contributed by atoms with Crippen LogP contribution in [-0.2, 0) is 6.42 Å². The highest BCUT2D eigenvalue weighted by atomic mass is 79.9. The van der Waals surface area contributed by atoms with Crippen LogP contribution in [0.15, 0.2) is 18.2 Å². The summed E-state index contributed by atoms with van der Waals surface area (Å²) in [7, 11) is 4.98. The Balaban J connectivity index is 2.73. The number of carbonyl (C=O) groups excluding carboxylic acids is 1. The Bertz CT molecular complexity index is 395. The number of benzene rings is 1. The molecule has 0 saturated heterocycles. The van der Waals surface area contributed by atoms with Crippen LogP contribution >= 0.6 is 15.9 Å². The minimum atomic E-state index is -0.120. The van der Waals surface area contributed by atoms with Gasteiger partial charge in [-0.1, -0.05) is 6.07 Å². The molecule has 0 aromatic heterocycles. The number of hydrogen-bond acceptors (Lipinski definition) is 3. The Morgan fingerprint density at radius 1 is 1.35 bits per heavy atom. The van der Waals surface area contributed by atoms with Crippen LogP contribution in [0.1, 0.15) is 5.56 Å². The smallest absolute Gasteiger partial charge is 0.289 e. The predicted octanol–water partition coefficient (Wildman–Crippen LogP) is 2.69. The Morgan fingerprint density at radius 3 is 2.59 bits per heavy atom. The summed E-state index contributed by atoms with van der Waals surface area (Å²) in [4.78, 5) is 12.5. The van der Waals surface area contributed by atoms with E-state index in [4.69, 9.17) is 9.47 Å². The van der Waals surface area contributed by atoms with Crippen LogP contribution in [0, 0.1) is 0 Å². The number of amides is 1. The largest absolute Gasteiger partial charge is 0.497 e. The third-order valence-corrected chi connectivity index (χ3v) is 3.12. The van der Waals surface area contributed by atoms with E-state index in [2.05, 4.69) is 15.9 Å². The summed E-state index contributed by atoms with van der Waals surface area (Å²) in [5, 5.41) is 0. The first kappa shape index (κ1) is 13.8. The van der Waals surface area contributed by atoms with E-state index >= 15 is 0 Å². The maximum absolute atomic E-state index is 11.0. The van der Waals surface area contributed by atoms with Gasteiger partial charge < -0.3 is 14.4 Å². The summed E-state index contributed by atoms with van der Waals surface area (Å²) in [6.07, 6.45) is 0.737. The summed E-state index contributed by atoms with van der Waals surface area (Å²) in [5.41, 5.74) is 1.05. The molecule has 0 radical (unpaired) electrons. The molecule has 94 valence electrons. The molecule has 1 amide bonds. The van der Waals surface area contributed by atoms with Crippen LogP contribution in [0.2, 0.25) is 0 Å². The summed E-state index contributed by atoms with van der Waals surface area (Å²) >= 11 is 2.91. The molecular weight excluding hydrogens is 286 g/mol. The lowest BCUT2D eigenvalue weighted by Crippen LogP contribution is -2.23. The highest BCUT2D eigenvalue weighted by molar-refractivity contribution is 9.18. The minimum Gasteiger partial charge on any atom is -0.497 e. The minimum absolute atomic E-state index is 0.120. The van der Waals surface area contributed by atoms with Crippen molar-refractivity contribution >= 4 is 20.7 Å². The van der Waals surface area contributed by atoms with Crippen LogP contribution in [0.4, 0.5) is 4.79 Å². The van der Waals surface area contributed by atoms with Crippen molar-refractivity contribution in [2.24, 2.45) is 0 Å². The van der Waals surface area contributed by atoms with Gasteiger partial charge in [0.05, 0.1) is 14.2 Å². The van der Waals surface area contributed by atoms with Gasteiger partial charge in [-0.25, -0.2) is 0 Å². The maximum Gasteiger partial charge on any atom is 0.289 e. The lowest BCUT2D eigenvalue weighted by atomic mass is 10.1. The molecule has 17 heavy (non-hydrogen) atoms. The molecule has 1 aromatic rings. The first-order valence-corrected chi connectivity index (χ1v) is 5.99. The molecule has 0 bridgehead atoms. The topological polar surface area (TPSA) is 38.8 Å². The van der Waals surface area contributed by atoms with Gasteiger partial charge >= 0.3 is 0 Å². The van der Waals surface area contributed by atoms with Crippen LogP contribution < -0.4 is 9.47 Å². The van der Waals surface area contributed by atoms with Crippen molar-refractivity contribution in [3.8, 4) is 11.5 Å². The van der Waals surface area contributed by atoms with E-state index in [1.54, 1.807) is 26.2 Å². The molecule has 0 atom stereocenters. The van der Waals surface area contributed by atoms with Crippen molar-refractivity contribution in [3.63, 3.8) is 0 Å². The highest BCUT2D eigenvalue weighted by Crippen LogP contribution is 2.25. The number of nitrogens with zero attached hydrogens (tertiary/aromatic N) is 1. The van der Waals surface area contributed by atoms with Gasteiger partial charge in [-0.15, -0.1) is 0 Å². The number of hydrogen-bond donors (Lipinski definition) is 0. The maximum atomic E-state index is 11.0. The zero-order valence-corrected chi connectivity index (χ0v) is 11.8. The average molecular weight is 302 g/mol. The zero-order valence-electron chi connectivity index (χ0n) is 10.2. The van der Waals surface area contributed by atoms with Crippen molar-refractivity contribution in [1.29, 1.82) is 0 Å². The molecule has 4 nitrogen and oxygen atoms in total. The van der Waals surface area contributed by atoms with Crippen LogP contribution in [-0.4, -0.2) is 37.5 Å². The van der Waals surface area contributed by atoms with Gasteiger partial charge in [0, 0.05) is 35.6 Å². The zero-order chi connectivity index (χ0) is 12.8. The van der Waals surface area contributed by atoms with Gasteiger partial charge in [0.15, 0.2) is 0 Å². The van der Waals surface area contributed by atoms with Gasteiger partial charge in [0.25, 0.3) is 4.82 Å². The van der Waals surface area contributed by atoms with Crippen molar-refractivity contribution in [2.45, 2.75) is 6.42 Å². The van der Waals surface area contributed by atoms with Crippen LogP contribution in [0.5, 0.6) is 11.5 Å². The number of rotatable bonds is 5. The molecule has 0 saturated carbocycles. The van der Waals surface area contributed by atoms with Crippen molar-refractivity contribution in [3.05, 3.63) is 23.8 Å². The van der Waals surface area contributed by atoms with Gasteiger partial charge in [-0.05, 0) is 18.1 Å². The van der Waals surface area contributed by atoms with Gasteiger partial charge in [-0.2, -0.15) is 0 Å². The Kier molecular flexibility index (Phi) is 5.28. The molecule has 5 heteroatoms. The number of likely N-dealkylation sites (N-methyl/N-ethyl adjacent to an activating group) is 1. The number of ether oxygens (including phenoxy) is 2. The molecule has 0 unspecified atom stereocenters. The fourth-order valence-electron chi connectivity index (χ4n) is 1.43. The van der Waals surface area contributed by atoms with Gasteiger partial charge in [0.2, 0.25) is 0 Å².